The molecule has 0 unspecified atom stereocenters. The van der Waals surface area contributed by atoms with Gasteiger partial charge in [0.05, 0.1) is 0 Å². The topological polar surface area (TPSA) is 23.6 Å². The lowest BCUT2D eigenvalue weighted by Crippen LogP contribution is -2.26. The first-order chi connectivity index (χ1) is 11.7. The van der Waals surface area contributed by atoms with Gasteiger partial charge in [0.25, 0.3) is 0 Å². The van der Waals surface area contributed by atoms with Crippen molar-refractivity contribution < 1.29 is 4.79 Å². The van der Waals surface area contributed by atoms with Crippen LogP contribution in [-0.4, -0.2) is 32.5 Å². The van der Waals surface area contributed by atoms with E-state index in [1.165, 1.54) is 16.8 Å². The van der Waals surface area contributed by atoms with Gasteiger partial charge >= 0.3 is 0 Å². The van der Waals surface area contributed by atoms with Crippen LogP contribution in [0, 0.1) is 0 Å². The zero-order valence-corrected chi connectivity index (χ0v) is 15.5. The second-order valence-corrected chi connectivity index (χ2v) is 6.15. The fraction of sp³-hybridized carbons (Fsp3) is 0.476. The largest absolute Gasteiger partial charge is 0.372 e. The van der Waals surface area contributed by atoms with Crippen molar-refractivity contribution in [2.24, 2.45) is 0 Å². The minimum atomic E-state index is 0.774. The second kappa shape index (κ2) is 8.72. The number of carbonyl (C=O) groups is 1. The summed E-state index contributed by atoms with van der Waals surface area (Å²) < 4.78 is 0. The summed E-state index contributed by atoms with van der Waals surface area (Å²) in [5.41, 5.74) is 3.26. The van der Waals surface area contributed by atoms with Crippen molar-refractivity contribution in [1.29, 1.82) is 0 Å². The molecule has 0 atom stereocenters. The van der Waals surface area contributed by atoms with Crippen molar-refractivity contribution in [2.75, 3.05) is 36.0 Å². The zero-order valence-electron chi connectivity index (χ0n) is 15.5. The molecule has 0 heterocycles. The molecule has 3 heteroatoms. The van der Waals surface area contributed by atoms with Crippen molar-refractivity contribution in [3.8, 4) is 0 Å². The Morgan fingerprint density at radius 3 is 2.00 bits per heavy atom. The standard InChI is InChI=1S/C21H30N2O/c1-5-14-23(15-6-2)19-11-9-10-18-17(16-24)12-13-20(21(18)19)22(7-3)8-4/h9-13,16H,5-8,14-15H2,1-4H3. The summed E-state index contributed by atoms with van der Waals surface area (Å²) in [7, 11) is 0. The summed E-state index contributed by atoms with van der Waals surface area (Å²) in [6, 6.07) is 10.4. The molecular formula is C21H30N2O. The Balaban J connectivity index is 2.76. The van der Waals surface area contributed by atoms with Gasteiger partial charge in [0.1, 0.15) is 0 Å². The highest BCUT2D eigenvalue weighted by Gasteiger charge is 2.16. The molecule has 2 rings (SSSR count). The fourth-order valence-electron chi connectivity index (χ4n) is 3.48. The zero-order chi connectivity index (χ0) is 17.5. The quantitative estimate of drug-likeness (QED) is 0.597. The maximum atomic E-state index is 11.5. The van der Waals surface area contributed by atoms with Gasteiger partial charge in [-0.3, -0.25) is 4.79 Å². The summed E-state index contributed by atoms with van der Waals surface area (Å²) in [5, 5.41) is 2.27. The Morgan fingerprint density at radius 1 is 0.833 bits per heavy atom. The molecule has 3 nitrogen and oxygen atoms in total. The van der Waals surface area contributed by atoms with E-state index in [1.807, 2.05) is 6.07 Å². The van der Waals surface area contributed by atoms with Crippen LogP contribution in [0.3, 0.4) is 0 Å². The predicted molar refractivity (Wildman–Crippen MR) is 106 cm³/mol. The first-order valence-corrected chi connectivity index (χ1v) is 9.22. The molecule has 2 aromatic carbocycles. The third-order valence-electron chi connectivity index (χ3n) is 4.59. The van der Waals surface area contributed by atoms with Crippen molar-refractivity contribution in [3.63, 3.8) is 0 Å². The predicted octanol–water partition coefficient (Wildman–Crippen LogP) is 5.12. The molecular weight excluding hydrogens is 296 g/mol. The van der Waals surface area contributed by atoms with E-state index in [-0.39, 0.29) is 0 Å². The number of hydrogen-bond donors (Lipinski definition) is 0. The van der Waals surface area contributed by atoms with Gasteiger partial charge in [0.2, 0.25) is 0 Å². The molecule has 0 aliphatic heterocycles. The van der Waals surface area contributed by atoms with E-state index >= 15 is 0 Å². The van der Waals surface area contributed by atoms with E-state index in [0.717, 1.165) is 56.3 Å². The van der Waals surface area contributed by atoms with Gasteiger partial charge in [-0.05, 0) is 50.3 Å². The van der Waals surface area contributed by atoms with Gasteiger partial charge in [-0.25, -0.2) is 0 Å². The fourth-order valence-corrected chi connectivity index (χ4v) is 3.48. The molecule has 0 aliphatic rings. The maximum Gasteiger partial charge on any atom is 0.150 e. The lowest BCUT2D eigenvalue weighted by atomic mass is 10.00. The molecule has 130 valence electrons. The average Bonchev–Trinajstić information content (AvgIpc) is 2.62. The molecule has 0 amide bonds. The van der Waals surface area contributed by atoms with Crippen LogP contribution >= 0.6 is 0 Å². The van der Waals surface area contributed by atoms with Gasteiger partial charge in [-0.1, -0.05) is 26.0 Å². The highest BCUT2D eigenvalue weighted by Crippen LogP contribution is 2.37. The first-order valence-electron chi connectivity index (χ1n) is 9.22. The Bertz CT molecular complexity index is 671. The minimum Gasteiger partial charge on any atom is -0.372 e. The summed E-state index contributed by atoms with van der Waals surface area (Å²) in [6.07, 6.45) is 3.21. The lowest BCUT2D eigenvalue weighted by Gasteiger charge is -2.29. The Labute approximate surface area is 146 Å². The Hall–Kier alpha value is -2.03. The number of aldehydes is 1. The summed E-state index contributed by atoms with van der Waals surface area (Å²) in [4.78, 5) is 16.4. The van der Waals surface area contributed by atoms with Crippen molar-refractivity contribution >= 4 is 28.4 Å². The van der Waals surface area contributed by atoms with Crippen LogP contribution in [0.2, 0.25) is 0 Å². The number of benzene rings is 2. The molecule has 2 aromatic rings. The number of nitrogens with zero attached hydrogens (tertiary/aromatic N) is 2. The van der Waals surface area contributed by atoms with Gasteiger partial charge in [0, 0.05) is 48.5 Å². The van der Waals surface area contributed by atoms with Gasteiger partial charge in [0.15, 0.2) is 6.29 Å². The van der Waals surface area contributed by atoms with E-state index in [9.17, 15) is 4.79 Å². The Morgan fingerprint density at radius 2 is 1.46 bits per heavy atom. The second-order valence-electron chi connectivity index (χ2n) is 6.15. The molecule has 0 fully saturated rings. The number of hydrogen-bond acceptors (Lipinski definition) is 3. The Kier molecular flexibility index (Phi) is 6.65. The monoisotopic (exact) mass is 326 g/mol. The molecule has 24 heavy (non-hydrogen) atoms. The molecule has 0 spiro atoms. The summed E-state index contributed by atoms with van der Waals surface area (Å²) >= 11 is 0. The van der Waals surface area contributed by atoms with E-state index < -0.39 is 0 Å². The van der Waals surface area contributed by atoms with Crippen LogP contribution in [0.5, 0.6) is 0 Å². The lowest BCUT2D eigenvalue weighted by molar-refractivity contribution is 0.112. The van der Waals surface area contributed by atoms with Gasteiger partial charge in [-0.2, -0.15) is 0 Å². The third-order valence-corrected chi connectivity index (χ3v) is 4.59. The highest BCUT2D eigenvalue weighted by atomic mass is 16.1. The minimum absolute atomic E-state index is 0.774. The van der Waals surface area contributed by atoms with E-state index in [1.54, 1.807) is 0 Å². The van der Waals surface area contributed by atoms with Crippen LogP contribution in [0.4, 0.5) is 11.4 Å². The molecule has 0 saturated carbocycles. The third kappa shape index (κ3) is 3.55. The highest BCUT2D eigenvalue weighted by molar-refractivity contribution is 6.10. The van der Waals surface area contributed by atoms with Crippen LogP contribution < -0.4 is 9.80 Å². The number of rotatable bonds is 9. The van der Waals surface area contributed by atoms with Crippen molar-refractivity contribution in [1.82, 2.24) is 0 Å². The van der Waals surface area contributed by atoms with Crippen LogP contribution in [0.25, 0.3) is 10.8 Å². The van der Waals surface area contributed by atoms with Crippen LogP contribution in [0.1, 0.15) is 50.9 Å². The summed E-state index contributed by atoms with van der Waals surface area (Å²) in [5.74, 6) is 0. The number of fused-ring (bicyclic) bond motifs is 1. The van der Waals surface area contributed by atoms with Crippen molar-refractivity contribution in [2.45, 2.75) is 40.5 Å². The number of carbonyl (C=O) groups excluding carboxylic acids is 1. The van der Waals surface area contributed by atoms with Crippen LogP contribution in [0.15, 0.2) is 30.3 Å². The molecule has 0 N–H and O–H groups in total. The molecule has 0 aliphatic carbocycles. The first kappa shape index (κ1) is 18.3. The molecule has 0 bridgehead atoms. The van der Waals surface area contributed by atoms with E-state index in [4.69, 9.17) is 0 Å². The van der Waals surface area contributed by atoms with Crippen molar-refractivity contribution in [3.05, 3.63) is 35.9 Å². The van der Waals surface area contributed by atoms with E-state index in [0.29, 0.717) is 0 Å². The van der Waals surface area contributed by atoms with Gasteiger partial charge < -0.3 is 9.80 Å². The normalized spacial score (nSPS) is 10.8. The smallest absolute Gasteiger partial charge is 0.150 e. The molecule has 0 aromatic heterocycles. The van der Waals surface area contributed by atoms with E-state index in [2.05, 4.69) is 61.8 Å². The SMILES string of the molecule is CCCN(CCC)c1cccc2c(C=O)ccc(N(CC)CC)c12. The summed E-state index contributed by atoms with van der Waals surface area (Å²) in [6.45, 7) is 12.8. The maximum absolute atomic E-state index is 11.5. The molecule has 0 radical (unpaired) electrons. The average molecular weight is 326 g/mol. The van der Waals surface area contributed by atoms with Gasteiger partial charge in [-0.15, -0.1) is 0 Å². The van der Waals surface area contributed by atoms with Crippen LogP contribution in [-0.2, 0) is 0 Å². The molecule has 0 saturated heterocycles. The number of anilines is 2.